The van der Waals surface area contributed by atoms with Crippen molar-refractivity contribution in [2.45, 2.75) is 65.2 Å². The van der Waals surface area contributed by atoms with Crippen molar-refractivity contribution in [1.82, 2.24) is 0 Å². The van der Waals surface area contributed by atoms with Crippen LogP contribution in [-0.4, -0.2) is 0 Å². The number of rotatable bonds is 5. The summed E-state index contributed by atoms with van der Waals surface area (Å²) >= 11 is 0. The second kappa shape index (κ2) is 8.44. The molecule has 0 amide bonds. The lowest BCUT2D eigenvalue weighted by molar-refractivity contribution is 0.376. The molecule has 1 unspecified atom stereocenters. The van der Waals surface area contributed by atoms with Crippen molar-refractivity contribution in [2.24, 2.45) is 5.92 Å². The highest BCUT2D eigenvalue weighted by molar-refractivity contribution is 5.71. The molecule has 160 valence electrons. The lowest BCUT2D eigenvalue weighted by Gasteiger charge is -2.26. The van der Waals surface area contributed by atoms with Crippen molar-refractivity contribution in [2.75, 3.05) is 0 Å². The first-order valence-corrected chi connectivity index (χ1v) is 10.8. The Hall–Kier alpha value is -2.30. The summed E-state index contributed by atoms with van der Waals surface area (Å²) < 4.78 is 64.9. The number of hydrogen-bond donors (Lipinski definition) is 0. The molecule has 1 nitrogen and oxygen atoms in total. The van der Waals surface area contributed by atoms with Crippen LogP contribution in [0, 0.1) is 23.4 Å². The number of allylic oxidation sites excluding steroid dienone is 2. The molecule has 2 aromatic rings. The van der Waals surface area contributed by atoms with Crippen molar-refractivity contribution >= 4 is 5.57 Å². The Labute approximate surface area is 174 Å². The minimum atomic E-state index is -1.18. The summed E-state index contributed by atoms with van der Waals surface area (Å²) in [6, 6.07) is 4.96. The molecule has 0 aromatic heterocycles. The number of benzene rings is 2. The summed E-state index contributed by atoms with van der Waals surface area (Å²) in [5, 5.41) is 0. The van der Waals surface area contributed by atoms with E-state index in [0.29, 0.717) is 29.5 Å². The molecule has 2 aromatic carbocycles. The monoisotopic (exact) mass is 418 g/mol. The maximum Gasteiger partial charge on any atom is 0.202 e. The third kappa shape index (κ3) is 3.63. The summed E-state index contributed by atoms with van der Waals surface area (Å²) in [6.45, 7) is 4.00. The molecule has 0 saturated heterocycles. The van der Waals surface area contributed by atoms with Gasteiger partial charge >= 0.3 is 0 Å². The third-order valence-corrected chi connectivity index (χ3v) is 6.22. The second-order valence-electron chi connectivity index (χ2n) is 8.38. The quantitative estimate of drug-likeness (QED) is 0.381. The standard InChI is InChI=1S/C25H26F4O/c1-3-5-14-7-10-18(20(26)11-14)19-13-17-12-16-9-8-15(6-4-2)21(27)24(16)30-25(17)23(29)22(19)28/h8-9,13-14H,3-7,10-12H2,1-2H3. The van der Waals surface area contributed by atoms with Crippen LogP contribution in [0.15, 0.2) is 24.0 Å². The van der Waals surface area contributed by atoms with Gasteiger partial charge in [0.1, 0.15) is 5.83 Å². The van der Waals surface area contributed by atoms with Crippen molar-refractivity contribution in [3.05, 3.63) is 63.7 Å². The maximum atomic E-state index is 14.9. The largest absolute Gasteiger partial charge is 0.450 e. The molecule has 0 fully saturated rings. The van der Waals surface area contributed by atoms with E-state index in [2.05, 4.69) is 6.92 Å². The molecule has 4 rings (SSSR count). The minimum absolute atomic E-state index is 0.0335. The highest BCUT2D eigenvalue weighted by atomic mass is 19.2. The molecule has 2 aliphatic rings. The van der Waals surface area contributed by atoms with Gasteiger partial charge in [-0.2, -0.15) is 4.39 Å². The fraction of sp³-hybridized carbons (Fsp3) is 0.440. The van der Waals surface area contributed by atoms with Crippen molar-refractivity contribution in [1.29, 1.82) is 0 Å². The normalized spacial score (nSPS) is 18.1. The molecule has 1 aliphatic heterocycles. The molecule has 30 heavy (non-hydrogen) atoms. The Bertz CT molecular complexity index is 1010. The molecular formula is C25H26F4O. The van der Waals surface area contributed by atoms with Gasteiger partial charge in [0.05, 0.1) is 0 Å². The maximum absolute atomic E-state index is 14.9. The SMILES string of the molecule is CCCc1ccc2c(c1F)Oc1c(cc(C3=C(F)CC(CCC)CC3)c(F)c1F)C2. The van der Waals surface area contributed by atoms with Crippen molar-refractivity contribution in [3.8, 4) is 11.5 Å². The van der Waals surface area contributed by atoms with Gasteiger partial charge in [-0.3, -0.25) is 0 Å². The van der Waals surface area contributed by atoms with Crippen molar-refractivity contribution in [3.63, 3.8) is 0 Å². The molecule has 0 spiro atoms. The zero-order valence-electron chi connectivity index (χ0n) is 17.4. The molecule has 1 aliphatic carbocycles. The Morgan fingerprint density at radius 3 is 2.40 bits per heavy atom. The summed E-state index contributed by atoms with van der Waals surface area (Å²) in [5.74, 6) is -3.26. The summed E-state index contributed by atoms with van der Waals surface area (Å²) in [7, 11) is 0. The molecule has 0 saturated carbocycles. The van der Waals surface area contributed by atoms with Gasteiger partial charge in [-0.25, -0.2) is 13.2 Å². The van der Waals surface area contributed by atoms with Gasteiger partial charge in [0.2, 0.25) is 5.82 Å². The minimum Gasteiger partial charge on any atom is -0.450 e. The van der Waals surface area contributed by atoms with Crippen molar-refractivity contribution < 1.29 is 22.3 Å². The van der Waals surface area contributed by atoms with Crippen LogP contribution in [0.3, 0.4) is 0 Å². The Morgan fingerprint density at radius 2 is 1.70 bits per heavy atom. The fourth-order valence-electron chi connectivity index (χ4n) is 4.68. The lowest BCUT2D eigenvalue weighted by atomic mass is 9.82. The van der Waals surface area contributed by atoms with Crippen LogP contribution in [0.25, 0.3) is 5.57 Å². The van der Waals surface area contributed by atoms with E-state index in [0.717, 1.165) is 25.7 Å². The van der Waals surface area contributed by atoms with E-state index in [4.69, 9.17) is 4.74 Å². The molecule has 0 radical (unpaired) electrons. The van der Waals surface area contributed by atoms with E-state index in [1.165, 1.54) is 6.07 Å². The Morgan fingerprint density at radius 1 is 0.933 bits per heavy atom. The molecule has 5 heteroatoms. The zero-order chi connectivity index (χ0) is 21.4. The zero-order valence-corrected chi connectivity index (χ0v) is 17.4. The average molecular weight is 418 g/mol. The van der Waals surface area contributed by atoms with E-state index in [9.17, 15) is 17.6 Å². The van der Waals surface area contributed by atoms with E-state index in [-0.39, 0.29) is 47.2 Å². The topological polar surface area (TPSA) is 9.23 Å². The second-order valence-corrected chi connectivity index (χ2v) is 8.38. The van der Waals surface area contributed by atoms with Crippen LogP contribution >= 0.6 is 0 Å². The smallest absolute Gasteiger partial charge is 0.202 e. The number of halogens is 4. The van der Waals surface area contributed by atoms with Crippen LogP contribution in [0.5, 0.6) is 11.5 Å². The lowest BCUT2D eigenvalue weighted by Crippen LogP contribution is -2.13. The predicted octanol–water partition coefficient (Wildman–Crippen LogP) is 8.03. The van der Waals surface area contributed by atoms with Crippen LogP contribution in [0.4, 0.5) is 17.6 Å². The van der Waals surface area contributed by atoms with Crippen LogP contribution in [-0.2, 0) is 12.8 Å². The third-order valence-electron chi connectivity index (χ3n) is 6.22. The van der Waals surface area contributed by atoms with Gasteiger partial charge in [-0.1, -0.05) is 45.2 Å². The highest BCUT2D eigenvalue weighted by Gasteiger charge is 2.31. The molecule has 0 N–H and O–H groups in total. The first-order chi connectivity index (χ1) is 14.4. The van der Waals surface area contributed by atoms with Gasteiger partial charge in [0, 0.05) is 29.5 Å². The van der Waals surface area contributed by atoms with E-state index < -0.39 is 17.5 Å². The Balaban J connectivity index is 1.72. The van der Waals surface area contributed by atoms with Gasteiger partial charge in [-0.15, -0.1) is 0 Å². The Kier molecular flexibility index (Phi) is 5.90. The predicted molar refractivity (Wildman–Crippen MR) is 110 cm³/mol. The molecule has 1 heterocycles. The first-order valence-electron chi connectivity index (χ1n) is 10.8. The average Bonchev–Trinajstić information content (AvgIpc) is 2.73. The van der Waals surface area contributed by atoms with E-state index >= 15 is 0 Å². The first kappa shape index (κ1) is 21.0. The van der Waals surface area contributed by atoms with Gasteiger partial charge in [0.25, 0.3) is 0 Å². The van der Waals surface area contributed by atoms with Gasteiger partial charge in [-0.05, 0) is 42.4 Å². The van der Waals surface area contributed by atoms with Crippen LogP contribution in [0.1, 0.15) is 74.6 Å². The summed E-state index contributed by atoms with van der Waals surface area (Å²) in [5.41, 5.74) is 1.70. The van der Waals surface area contributed by atoms with Crippen LogP contribution < -0.4 is 4.74 Å². The summed E-state index contributed by atoms with van der Waals surface area (Å²) in [6.07, 6.45) is 4.84. The molecular weight excluding hydrogens is 392 g/mol. The number of fused-ring (bicyclic) bond motifs is 2. The van der Waals surface area contributed by atoms with Gasteiger partial charge < -0.3 is 4.74 Å². The highest BCUT2D eigenvalue weighted by Crippen LogP contribution is 2.45. The van der Waals surface area contributed by atoms with Gasteiger partial charge in [0.15, 0.2) is 23.1 Å². The van der Waals surface area contributed by atoms with E-state index in [1.54, 1.807) is 12.1 Å². The number of ether oxygens (including phenoxy) is 1. The van der Waals surface area contributed by atoms with E-state index in [1.807, 2.05) is 6.92 Å². The summed E-state index contributed by atoms with van der Waals surface area (Å²) in [4.78, 5) is 0. The molecule has 0 bridgehead atoms. The molecule has 1 atom stereocenters. The van der Waals surface area contributed by atoms with Crippen LogP contribution in [0.2, 0.25) is 0 Å². The fourth-order valence-corrected chi connectivity index (χ4v) is 4.68. The number of hydrogen-bond acceptors (Lipinski definition) is 1. The number of aryl methyl sites for hydroxylation is 1.